The number of aliphatic hydroxyl groups excluding tert-OH is 1. The average Bonchev–Trinajstić information content (AvgIpc) is 2.85. The molecule has 1 aliphatic rings. The highest BCUT2D eigenvalue weighted by atomic mass is 32.2. The number of thioether (sulfide) groups is 1. The van der Waals surface area contributed by atoms with Crippen LogP contribution in [0.2, 0.25) is 0 Å². The van der Waals surface area contributed by atoms with Crippen molar-refractivity contribution in [1.82, 2.24) is 10.6 Å². The van der Waals surface area contributed by atoms with Gasteiger partial charge in [0.15, 0.2) is 0 Å². The van der Waals surface area contributed by atoms with Gasteiger partial charge in [0.25, 0.3) is 0 Å². The van der Waals surface area contributed by atoms with Gasteiger partial charge in [-0.15, -0.1) is 0 Å². The number of hydrogen-bond acceptors (Lipinski definition) is 6. The smallest absolute Gasteiger partial charge is 0.238 e. The third-order valence-electron chi connectivity index (χ3n) is 5.14. The largest absolute Gasteiger partial charge is 0.489 e. The number of nitrogens with one attached hydrogen (secondary N) is 2. The van der Waals surface area contributed by atoms with Gasteiger partial charge in [0, 0.05) is 12.1 Å². The summed E-state index contributed by atoms with van der Waals surface area (Å²) < 4.78 is 12.0. The Morgan fingerprint density at radius 2 is 1.97 bits per heavy atom. The van der Waals surface area contributed by atoms with Crippen molar-refractivity contribution >= 4 is 17.7 Å². The topological polar surface area (TPSA) is 79.8 Å². The summed E-state index contributed by atoms with van der Waals surface area (Å²) in [7, 11) is 0. The summed E-state index contributed by atoms with van der Waals surface area (Å²) in [6, 6.07) is 17.4. The summed E-state index contributed by atoms with van der Waals surface area (Å²) >= 11 is 1.72. The van der Waals surface area contributed by atoms with Gasteiger partial charge >= 0.3 is 0 Å². The lowest BCUT2D eigenvalue weighted by Crippen LogP contribution is -2.41. The summed E-state index contributed by atoms with van der Waals surface area (Å²) in [4.78, 5) is 12.5. The molecule has 33 heavy (non-hydrogen) atoms. The Balaban J connectivity index is 1.58. The molecule has 6 nitrogen and oxygen atoms in total. The highest BCUT2D eigenvalue weighted by Gasteiger charge is 2.15. The number of carbonyl (C=O) groups is 1. The zero-order valence-corrected chi connectivity index (χ0v) is 19.8. The zero-order valence-electron chi connectivity index (χ0n) is 19.0. The summed E-state index contributed by atoms with van der Waals surface area (Å²) in [6.45, 7) is 0.631. The van der Waals surface area contributed by atoms with Gasteiger partial charge in [-0.1, -0.05) is 42.5 Å². The molecule has 0 saturated carbocycles. The molecule has 0 heterocycles. The third kappa shape index (κ3) is 8.61. The van der Waals surface area contributed by atoms with E-state index in [-0.39, 0.29) is 25.1 Å². The highest BCUT2D eigenvalue weighted by molar-refractivity contribution is 7.98. The highest BCUT2D eigenvalue weighted by Crippen LogP contribution is 2.25. The van der Waals surface area contributed by atoms with Crippen LogP contribution in [0.4, 0.5) is 0 Å². The fraction of sp³-hybridized carbons (Fsp3) is 0.346. The Morgan fingerprint density at radius 3 is 2.76 bits per heavy atom. The Hall–Kier alpha value is -2.74. The van der Waals surface area contributed by atoms with Gasteiger partial charge in [-0.3, -0.25) is 4.79 Å². The van der Waals surface area contributed by atoms with Gasteiger partial charge < -0.3 is 25.2 Å². The van der Waals surface area contributed by atoms with Crippen LogP contribution in [-0.4, -0.2) is 42.2 Å². The van der Waals surface area contributed by atoms with Crippen LogP contribution in [0, 0.1) is 0 Å². The first-order valence-electron chi connectivity index (χ1n) is 11.2. The maximum Gasteiger partial charge on any atom is 0.238 e. The van der Waals surface area contributed by atoms with E-state index in [1.165, 1.54) is 0 Å². The molecule has 0 radical (unpaired) electrons. The van der Waals surface area contributed by atoms with Gasteiger partial charge in [-0.2, -0.15) is 11.8 Å². The second-order valence-electron chi connectivity index (χ2n) is 7.73. The van der Waals surface area contributed by atoms with Crippen molar-refractivity contribution in [3.05, 3.63) is 83.8 Å². The second kappa shape index (κ2) is 13.7. The molecule has 1 aliphatic carbocycles. The molecule has 0 spiro atoms. The van der Waals surface area contributed by atoms with Crippen LogP contribution in [0.1, 0.15) is 24.8 Å². The first-order valence-corrected chi connectivity index (χ1v) is 12.5. The van der Waals surface area contributed by atoms with Crippen LogP contribution in [0.25, 0.3) is 0 Å². The van der Waals surface area contributed by atoms with Crippen LogP contribution < -0.4 is 20.1 Å². The number of rotatable bonds is 13. The van der Waals surface area contributed by atoms with Gasteiger partial charge in [-0.05, 0) is 55.0 Å². The Bertz CT molecular complexity index is 946. The molecule has 176 valence electrons. The summed E-state index contributed by atoms with van der Waals surface area (Å²) in [5.74, 6) is 2.76. The summed E-state index contributed by atoms with van der Waals surface area (Å²) in [5.41, 5.74) is 1.85. The van der Waals surface area contributed by atoms with Crippen LogP contribution in [-0.2, 0) is 11.4 Å². The predicted molar refractivity (Wildman–Crippen MR) is 133 cm³/mol. The molecule has 0 saturated heterocycles. The monoisotopic (exact) mass is 468 g/mol. The predicted octanol–water partition coefficient (Wildman–Crippen LogP) is 4.03. The number of benzene rings is 2. The minimum Gasteiger partial charge on any atom is -0.489 e. The van der Waals surface area contributed by atoms with E-state index in [0.29, 0.717) is 30.3 Å². The van der Waals surface area contributed by atoms with Gasteiger partial charge in [0.2, 0.25) is 5.91 Å². The minimum atomic E-state index is -0.149. The van der Waals surface area contributed by atoms with Crippen molar-refractivity contribution in [2.75, 3.05) is 25.2 Å². The maximum absolute atomic E-state index is 12.5. The standard InChI is InChI=1S/C26H32N2O4S/c1-33-15-14-21(18-29)27-17-26(30)28-24-12-5-6-13-25(24)32-23-11-7-10-22(16-23)31-19-20-8-3-2-4-9-20/h2-4,6-11,13,16,21,27,29H,5,12,14-15,17-19H2,1H3,(H,28,30)/t21-/m0/s1. The molecule has 1 amide bonds. The molecular weight excluding hydrogens is 436 g/mol. The quantitative estimate of drug-likeness (QED) is 0.412. The van der Waals surface area contributed by atoms with Crippen molar-refractivity contribution in [2.45, 2.75) is 31.9 Å². The third-order valence-corrected chi connectivity index (χ3v) is 5.79. The minimum absolute atomic E-state index is 0.0102. The molecule has 3 rings (SSSR count). The first-order chi connectivity index (χ1) is 16.2. The summed E-state index contributed by atoms with van der Waals surface area (Å²) in [6.07, 6.45) is 8.29. The molecule has 2 aromatic rings. The van der Waals surface area contributed by atoms with E-state index in [4.69, 9.17) is 9.47 Å². The maximum atomic E-state index is 12.5. The van der Waals surface area contributed by atoms with Crippen molar-refractivity contribution in [3.63, 3.8) is 0 Å². The zero-order chi connectivity index (χ0) is 23.3. The second-order valence-corrected chi connectivity index (χ2v) is 8.71. The normalized spacial score (nSPS) is 14.1. The van der Waals surface area contributed by atoms with Gasteiger partial charge in [-0.25, -0.2) is 0 Å². The Labute approximate surface area is 200 Å². The average molecular weight is 469 g/mol. The fourth-order valence-corrected chi connectivity index (χ4v) is 3.84. The van der Waals surface area contributed by atoms with Crippen molar-refractivity contribution in [3.8, 4) is 11.5 Å². The molecule has 0 aliphatic heterocycles. The lowest BCUT2D eigenvalue weighted by molar-refractivity contribution is -0.119. The molecule has 0 aromatic heterocycles. The molecule has 0 bridgehead atoms. The molecule has 1 atom stereocenters. The molecule has 0 fully saturated rings. The number of ether oxygens (including phenoxy) is 2. The van der Waals surface area contributed by atoms with E-state index in [0.717, 1.165) is 29.9 Å². The molecule has 0 unspecified atom stereocenters. The lowest BCUT2D eigenvalue weighted by Gasteiger charge is -2.19. The van der Waals surface area contributed by atoms with Gasteiger partial charge in [0.1, 0.15) is 23.9 Å². The van der Waals surface area contributed by atoms with Crippen LogP contribution in [0.5, 0.6) is 11.5 Å². The molecule has 3 N–H and O–H groups in total. The summed E-state index contributed by atoms with van der Waals surface area (Å²) in [5, 5.41) is 15.6. The van der Waals surface area contributed by atoms with E-state index >= 15 is 0 Å². The van der Waals surface area contributed by atoms with Gasteiger partial charge in [0.05, 0.1) is 18.8 Å². The number of allylic oxidation sites excluding steroid dienone is 3. The number of amides is 1. The molecule has 7 heteroatoms. The SMILES string of the molecule is CSCC[C@@H](CO)NCC(=O)NC1=C(Oc2cccc(OCc3ccccc3)c2)C=CCC1. The lowest BCUT2D eigenvalue weighted by atomic mass is 10.1. The van der Waals surface area contributed by atoms with E-state index in [1.54, 1.807) is 11.8 Å². The fourth-order valence-electron chi connectivity index (χ4n) is 3.32. The van der Waals surface area contributed by atoms with E-state index < -0.39 is 0 Å². The van der Waals surface area contributed by atoms with Crippen LogP contribution >= 0.6 is 11.8 Å². The number of hydrogen-bond donors (Lipinski definition) is 3. The van der Waals surface area contributed by atoms with E-state index in [2.05, 4.69) is 10.6 Å². The van der Waals surface area contributed by atoms with E-state index in [1.807, 2.05) is 73.0 Å². The van der Waals surface area contributed by atoms with Crippen molar-refractivity contribution in [2.24, 2.45) is 0 Å². The molecule has 2 aromatic carbocycles. The molecular formula is C26H32N2O4S. The number of carbonyl (C=O) groups excluding carboxylic acids is 1. The first kappa shape index (κ1) is 24.9. The van der Waals surface area contributed by atoms with Crippen LogP contribution in [0.15, 0.2) is 78.2 Å². The Kier molecular flexibility index (Phi) is 10.4. The number of aliphatic hydroxyl groups is 1. The van der Waals surface area contributed by atoms with Crippen molar-refractivity contribution < 1.29 is 19.4 Å². The van der Waals surface area contributed by atoms with E-state index in [9.17, 15) is 9.90 Å². The Morgan fingerprint density at radius 1 is 1.15 bits per heavy atom. The van der Waals surface area contributed by atoms with Crippen molar-refractivity contribution in [1.29, 1.82) is 0 Å². The van der Waals surface area contributed by atoms with Crippen LogP contribution in [0.3, 0.4) is 0 Å².